The number of hydrogen-bond donors (Lipinski definition) is 1. The first kappa shape index (κ1) is 18.5. The monoisotopic (exact) mass is 385 g/mol. The predicted octanol–water partition coefficient (Wildman–Crippen LogP) is 4.32. The molecule has 1 amide bonds. The minimum Gasteiger partial charge on any atom is -0.507 e. The van der Waals surface area contributed by atoms with Crippen LogP contribution in [0.25, 0.3) is 5.76 Å². The SMILES string of the molecule is COc1cccc(C2/C(=C(\O)c3ccccc3)C(=O)C(=O)N2c2ccccc2)c1. The molecule has 1 N–H and O–H groups in total. The molecule has 3 aromatic carbocycles. The van der Waals surface area contributed by atoms with Crippen molar-refractivity contribution in [1.29, 1.82) is 0 Å². The molecule has 1 heterocycles. The van der Waals surface area contributed by atoms with Gasteiger partial charge in [0.15, 0.2) is 0 Å². The van der Waals surface area contributed by atoms with Gasteiger partial charge < -0.3 is 9.84 Å². The fraction of sp³-hybridized carbons (Fsp3) is 0.0833. The van der Waals surface area contributed by atoms with Gasteiger partial charge in [-0.05, 0) is 29.8 Å². The molecule has 0 spiro atoms. The van der Waals surface area contributed by atoms with E-state index in [-0.39, 0.29) is 11.3 Å². The van der Waals surface area contributed by atoms with Crippen LogP contribution in [0.15, 0.2) is 90.5 Å². The molecule has 1 unspecified atom stereocenters. The smallest absolute Gasteiger partial charge is 0.300 e. The van der Waals surface area contributed by atoms with Crippen molar-refractivity contribution in [1.82, 2.24) is 0 Å². The van der Waals surface area contributed by atoms with Crippen LogP contribution < -0.4 is 9.64 Å². The number of aliphatic hydroxyl groups is 1. The van der Waals surface area contributed by atoms with Crippen molar-refractivity contribution in [2.45, 2.75) is 6.04 Å². The van der Waals surface area contributed by atoms with E-state index in [2.05, 4.69) is 0 Å². The lowest BCUT2D eigenvalue weighted by atomic mass is 9.95. The third kappa shape index (κ3) is 3.27. The lowest BCUT2D eigenvalue weighted by Gasteiger charge is -2.25. The number of rotatable bonds is 4. The minimum atomic E-state index is -0.771. The summed E-state index contributed by atoms with van der Waals surface area (Å²) in [6.45, 7) is 0. The number of para-hydroxylation sites is 1. The Bertz CT molecular complexity index is 1090. The average Bonchev–Trinajstić information content (AvgIpc) is 3.05. The van der Waals surface area contributed by atoms with Gasteiger partial charge in [-0.1, -0.05) is 60.7 Å². The van der Waals surface area contributed by atoms with Crippen LogP contribution in [0, 0.1) is 0 Å². The van der Waals surface area contributed by atoms with Crippen molar-refractivity contribution in [2.75, 3.05) is 12.0 Å². The summed E-state index contributed by atoms with van der Waals surface area (Å²) in [5, 5.41) is 11.0. The number of amides is 1. The van der Waals surface area contributed by atoms with Gasteiger partial charge in [-0.2, -0.15) is 0 Å². The number of methoxy groups -OCH3 is 1. The van der Waals surface area contributed by atoms with E-state index in [1.165, 1.54) is 4.90 Å². The maximum absolute atomic E-state index is 13.0. The normalized spacial score (nSPS) is 18.1. The highest BCUT2D eigenvalue weighted by atomic mass is 16.5. The van der Waals surface area contributed by atoms with Crippen molar-refractivity contribution in [2.24, 2.45) is 0 Å². The van der Waals surface area contributed by atoms with Crippen LogP contribution in [-0.4, -0.2) is 23.9 Å². The molecule has 5 nitrogen and oxygen atoms in total. The second kappa shape index (κ2) is 7.64. The van der Waals surface area contributed by atoms with E-state index in [9.17, 15) is 14.7 Å². The Hall–Kier alpha value is -3.86. The Kier molecular flexibility index (Phi) is 4.87. The summed E-state index contributed by atoms with van der Waals surface area (Å²) in [5.74, 6) is -0.999. The topological polar surface area (TPSA) is 66.8 Å². The molecule has 1 aliphatic heterocycles. The molecular formula is C24H19NO4. The largest absolute Gasteiger partial charge is 0.507 e. The van der Waals surface area contributed by atoms with Gasteiger partial charge in [0.25, 0.3) is 11.7 Å². The first-order valence-corrected chi connectivity index (χ1v) is 9.17. The molecular weight excluding hydrogens is 366 g/mol. The summed E-state index contributed by atoms with van der Waals surface area (Å²) in [4.78, 5) is 27.4. The molecule has 1 atom stereocenters. The van der Waals surface area contributed by atoms with Gasteiger partial charge >= 0.3 is 0 Å². The Balaban J connectivity index is 1.96. The number of Topliss-reactive ketones (excluding diaryl/α,β-unsaturated/α-hetero) is 1. The maximum Gasteiger partial charge on any atom is 0.300 e. The van der Waals surface area contributed by atoms with Crippen molar-refractivity contribution in [3.8, 4) is 5.75 Å². The van der Waals surface area contributed by atoms with E-state index in [0.29, 0.717) is 22.6 Å². The van der Waals surface area contributed by atoms with Gasteiger partial charge in [-0.3, -0.25) is 14.5 Å². The van der Waals surface area contributed by atoms with Crippen molar-refractivity contribution < 1.29 is 19.4 Å². The Morgan fingerprint density at radius 1 is 0.897 bits per heavy atom. The van der Waals surface area contributed by atoms with E-state index in [4.69, 9.17) is 4.74 Å². The number of hydrogen-bond acceptors (Lipinski definition) is 4. The molecule has 0 saturated carbocycles. The van der Waals surface area contributed by atoms with Crippen LogP contribution in [0.3, 0.4) is 0 Å². The maximum atomic E-state index is 13.0. The first-order valence-electron chi connectivity index (χ1n) is 9.17. The van der Waals surface area contributed by atoms with Gasteiger partial charge in [0, 0.05) is 11.3 Å². The second-order valence-corrected chi connectivity index (χ2v) is 6.65. The molecule has 0 aliphatic carbocycles. The number of ether oxygens (including phenoxy) is 1. The van der Waals surface area contributed by atoms with Gasteiger partial charge in [0.1, 0.15) is 11.5 Å². The van der Waals surface area contributed by atoms with Crippen LogP contribution in [0.1, 0.15) is 17.2 Å². The molecule has 0 radical (unpaired) electrons. The van der Waals surface area contributed by atoms with Crippen LogP contribution in [0.4, 0.5) is 5.69 Å². The third-order valence-electron chi connectivity index (χ3n) is 4.94. The molecule has 0 bridgehead atoms. The Morgan fingerprint density at radius 3 is 2.21 bits per heavy atom. The molecule has 144 valence electrons. The summed E-state index contributed by atoms with van der Waals surface area (Å²) in [6, 6.07) is 24.1. The van der Waals surface area contributed by atoms with Crippen molar-refractivity contribution in [3.05, 3.63) is 102 Å². The molecule has 0 aromatic heterocycles. The van der Waals surface area contributed by atoms with Crippen LogP contribution in [0.5, 0.6) is 5.75 Å². The number of carbonyl (C=O) groups is 2. The number of anilines is 1. The number of benzene rings is 3. The second-order valence-electron chi connectivity index (χ2n) is 6.65. The minimum absolute atomic E-state index is 0.0540. The van der Waals surface area contributed by atoms with Gasteiger partial charge in [0.05, 0.1) is 18.7 Å². The van der Waals surface area contributed by atoms with Crippen LogP contribution in [0.2, 0.25) is 0 Å². The van der Waals surface area contributed by atoms with Crippen molar-refractivity contribution in [3.63, 3.8) is 0 Å². The van der Waals surface area contributed by atoms with Crippen molar-refractivity contribution >= 4 is 23.1 Å². The van der Waals surface area contributed by atoms with E-state index in [1.54, 1.807) is 73.8 Å². The molecule has 1 saturated heterocycles. The summed E-state index contributed by atoms with van der Waals surface area (Å²) >= 11 is 0. The zero-order valence-corrected chi connectivity index (χ0v) is 15.8. The first-order chi connectivity index (χ1) is 14.1. The number of ketones is 1. The van der Waals surface area contributed by atoms with Crippen LogP contribution >= 0.6 is 0 Å². The van der Waals surface area contributed by atoms with E-state index in [0.717, 1.165) is 0 Å². The highest BCUT2D eigenvalue weighted by molar-refractivity contribution is 6.51. The summed E-state index contributed by atoms with van der Waals surface area (Å²) in [6.07, 6.45) is 0. The molecule has 5 heteroatoms. The molecule has 4 rings (SSSR count). The molecule has 29 heavy (non-hydrogen) atoms. The average molecular weight is 385 g/mol. The van der Waals surface area contributed by atoms with E-state index < -0.39 is 17.7 Å². The fourth-order valence-electron chi connectivity index (χ4n) is 3.57. The quantitative estimate of drug-likeness (QED) is 0.413. The Labute approximate surface area is 168 Å². The molecule has 1 aliphatic rings. The zero-order chi connectivity index (χ0) is 20.4. The predicted molar refractivity (Wildman–Crippen MR) is 111 cm³/mol. The molecule has 1 fully saturated rings. The lowest BCUT2D eigenvalue weighted by molar-refractivity contribution is -0.132. The van der Waals surface area contributed by atoms with Gasteiger partial charge in [0.2, 0.25) is 0 Å². The highest BCUT2D eigenvalue weighted by Crippen LogP contribution is 2.42. The number of carbonyl (C=O) groups excluding carboxylic acids is 2. The highest BCUT2D eigenvalue weighted by Gasteiger charge is 2.47. The van der Waals surface area contributed by atoms with E-state index >= 15 is 0 Å². The fourth-order valence-corrected chi connectivity index (χ4v) is 3.57. The summed E-state index contributed by atoms with van der Waals surface area (Å²) in [5.41, 5.74) is 1.78. The van der Waals surface area contributed by atoms with Gasteiger partial charge in [-0.15, -0.1) is 0 Å². The summed E-state index contributed by atoms with van der Waals surface area (Å²) in [7, 11) is 1.55. The Morgan fingerprint density at radius 2 is 1.55 bits per heavy atom. The number of aliphatic hydroxyl groups excluding tert-OH is 1. The zero-order valence-electron chi connectivity index (χ0n) is 15.8. The standard InChI is InChI=1S/C24H19NO4/c1-29-19-14-8-11-17(15-19)21-20(22(26)16-9-4-2-5-10-16)23(27)24(28)25(21)18-12-6-3-7-13-18/h2-15,21,26H,1H3/b22-20+. The van der Waals surface area contributed by atoms with Crippen LogP contribution in [-0.2, 0) is 9.59 Å². The van der Waals surface area contributed by atoms with E-state index in [1.807, 2.05) is 18.2 Å². The molecule has 3 aromatic rings. The third-order valence-corrected chi connectivity index (χ3v) is 4.94. The lowest BCUT2D eigenvalue weighted by Crippen LogP contribution is -2.29. The summed E-state index contributed by atoms with van der Waals surface area (Å²) < 4.78 is 5.32. The van der Waals surface area contributed by atoms with Gasteiger partial charge in [-0.25, -0.2) is 0 Å². The number of nitrogens with zero attached hydrogens (tertiary/aromatic N) is 1.